The molecule has 2 saturated heterocycles. The highest BCUT2D eigenvalue weighted by atomic mass is 32.2. The molecule has 0 N–H and O–H groups in total. The monoisotopic (exact) mass is 185 g/mol. The normalized spacial score (nSPS) is 41.7. The summed E-state index contributed by atoms with van der Waals surface area (Å²) in [6.45, 7) is 4.20. The Morgan fingerprint density at radius 1 is 1.42 bits per heavy atom. The van der Waals surface area contributed by atoms with Crippen molar-refractivity contribution in [3.05, 3.63) is 0 Å². The topological polar surface area (TPSA) is 20.3 Å². The van der Waals surface area contributed by atoms with Crippen LogP contribution in [-0.2, 0) is 4.79 Å². The summed E-state index contributed by atoms with van der Waals surface area (Å²) in [6, 6.07) is 0.484. The van der Waals surface area contributed by atoms with Gasteiger partial charge in [-0.05, 0) is 19.8 Å². The number of carbonyl (C=O) groups excluding carboxylic acids is 1. The second-order valence-electron chi connectivity index (χ2n) is 3.86. The van der Waals surface area contributed by atoms with E-state index < -0.39 is 0 Å². The second-order valence-corrected chi connectivity index (χ2v) is 5.07. The predicted octanol–water partition coefficient (Wildman–Crippen LogP) is 1.71. The SMILES string of the molecule is C[C@@H]1CCC2SC[C@H](C)C(=O)N21. The van der Waals surface area contributed by atoms with Crippen molar-refractivity contribution >= 4 is 17.7 Å². The summed E-state index contributed by atoms with van der Waals surface area (Å²) < 4.78 is 0. The number of hydrogen-bond acceptors (Lipinski definition) is 2. The Kier molecular flexibility index (Phi) is 2.07. The Bertz CT molecular complexity index is 207. The van der Waals surface area contributed by atoms with Gasteiger partial charge in [0.05, 0.1) is 5.37 Å². The van der Waals surface area contributed by atoms with Crippen molar-refractivity contribution in [1.82, 2.24) is 4.90 Å². The maximum atomic E-state index is 11.7. The Hall–Kier alpha value is -0.180. The molecule has 0 bridgehead atoms. The molecular weight excluding hydrogens is 170 g/mol. The first kappa shape index (κ1) is 8.42. The van der Waals surface area contributed by atoms with E-state index in [2.05, 4.69) is 11.8 Å². The van der Waals surface area contributed by atoms with Crippen LogP contribution in [0.5, 0.6) is 0 Å². The molecule has 0 aromatic carbocycles. The summed E-state index contributed by atoms with van der Waals surface area (Å²) in [5.74, 6) is 1.64. The zero-order chi connectivity index (χ0) is 8.72. The molecule has 2 aliphatic heterocycles. The number of thioether (sulfide) groups is 1. The van der Waals surface area contributed by atoms with Crippen LogP contribution in [0.25, 0.3) is 0 Å². The van der Waals surface area contributed by atoms with Gasteiger partial charge in [-0.3, -0.25) is 4.79 Å². The number of nitrogens with zero attached hydrogens (tertiary/aromatic N) is 1. The van der Waals surface area contributed by atoms with Crippen LogP contribution >= 0.6 is 11.8 Å². The molecule has 2 fully saturated rings. The largest absolute Gasteiger partial charge is 0.328 e. The van der Waals surface area contributed by atoms with Crippen LogP contribution in [0.15, 0.2) is 0 Å². The highest BCUT2D eigenvalue weighted by Gasteiger charge is 2.40. The Morgan fingerprint density at radius 3 is 2.92 bits per heavy atom. The Balaban J connectivity index is 2.17. The minimum atomic E-state index is 0.242. The number of amides is 1. The standard InChI is InChI=1S/C9H15NOS/c1-6-5-12-8-4-3-7(2)10(8)9(6)11/h6-8H,3-5H2,1-2H3/t6-,7+,8?/m0/s1. The zero-order valence-corrected chi connectivity index (χ0v) is 8.43. The molecule has 1 amide bonds. The van der Waals surface area contributed by atoms with Gasteiger partial charge < -0.3 is 4.90 Å². The third-order valence-electron chi connectivity index (χ3n) is 2.83. The van der Waals surface area contributed by atoms with Crippen molar-refractivity contribution < 1.29 is 4.79 Å². The molecule has 2 aliphatic rings. The minimum absolute atomic E-state index is 0.242. The van der Waals surface area contributed by atoms with Crippen LogP contribution in [0.1, 0.15) is 26.7 Å². The number of fused-ring (bicyclic) bond motifs is 1. The van der Waals surface area contributed by atoms with Crippen molar-refractivity contribution in [3.8, 4) is 0 Å². The van der Waals surface area contributed by atoms with Crippen molar-refractivity contribution in [2.75, 3.05) is 5.75 Å². The van der Waals surface area contributed by atoms with Crippen LogP contribution < -0.4 is 0 Å². The highest BCUT2D eigenvalue weighted by molar-refractivity contribution is 8.00. The molecule has 0 aliphatic carbocycles. The average molecular weight is 185 g/mol. The van der Waals surface area contributed by atoms with Gasteiger partial charge in [0.25, 0.3) is 0 Å². The maximum Gasteiger partial charge on any atom is 0.227 e. The van der Waals surface area contributed by atoms with Crippen molar-refractivity contribution in [2.45, 2.75) is 38.1 Å². The molecule has 1 unspecified atom stereocenters. The lowest BCUT2D eigenvalue weighted by atomic mass is 10.1. The zero-order valence-electron chi connectivity index (χ0n) is 7.62. The molecule has 2 heterocycles. The van der Waals surface area contributed by atoms with Crippen LogP contribution in [0.4, 0.5) is 0 Å². The van der Waals surface area contributed by atoms with Gasteiger partial charge in [0, 0.05) is 17.7 Å². The van der Waals surface area contributed by atoms with E-state index in [1.165, 1.54) is 12.8 Å². The van der Waals surface area contributed by atoms with Gasteiger partial charge in [-0.15, -0.1) is 11.8 Å². The highest BCUT2D eigenvalue weighted by Crippen LogP contribution is 2.37. The fourth-order valence-electron chi connectivity index (χ4n) is 2.05. The molecule has 0 spiro atoms. The summed E-state index contributed by atoms with van der Waals surface area (Å²) in [7, 11) is 0. The molecule has 0 aromatic heterocycles. The smallest absolute Gasteiger partial charge is 0.227 e. The number of carbonyl (C=O) groups is 1. The first-order valence-corrected chi connectivity index (χ1v) is 5.69. The molecule has 0 saturated carbocycles. The number of hydrogen-bond donors (Lipinski definition) is 0. The quantitative estimate of drug-likeness (QED) is 0.572. The van der Waals surface area contributed by atoms with Crippen molar-refractivity contribution in [1.29, 1.82) is 0 Å². The van der Waals surface area contributed by atoms with Crippen LogP contribution in [0.2, 0.25) is 0 Å². The van der Waals surface area contributed by atoms with E-state index in [9.17, 15) is 4.79 Å². The number of rotatable bonds is 0. The van der Waals surface area contributed by atoms with E-state index in [0.717, 1.165) is 5.75 Å². The van der Waals surface area contributed by atoms with Gasteiger partial charge in [-0.25, -0.2) is 0 Å². The van der Waals surface area contributed by atoms with Crippen LogP contribution in [-0.4, -0.2) is 28.0 Å². The van der Waals surface area contributed by atoms with E-state index in [-0.39, 0.29) is 5.92 Å². The molecule has 2 nitrogen and oxygen atoms in total. The molecule has 0 aromatic rings. The second kappa shape index (κ2) is 2.95. The minimum Gasteiger partial charge on any atom is -0.328 e. The molecular formula is C9H15NOS. The lowest BCUT2D eigenvalue weighted by molar-refractivity contribution is -0.136. The van der Waals surface area contributed by atoms with E-state index in [1.54, 1.807) is 0 Å². The fourth-order valence-corrected chi connectivity index (χ4v) is 3.48. The van der Waals surface area contributed by atoms with E-state index in [4.69, 9.17) is 0 Å². The third kappa shape index (κ3) is 1.15. The van der Waals surface area contributed by atoms with E-state index in [1.807, 2.05) is 18.7 Å². The first-order chi connectivity index (χ1) is 5.70. The Morgan fingerprint density at radius 2 is 2.17 bits per heavy atom. The molecule has 3 heteroatoms. The summed E-state index contributed by atoms with van der Waals surface area (Å²) >= 11 is 1.95. The van der Waals surface area contributed by atoms with E-state index in [0.29, 0.717) is 17.3 Å². The summed E-state index contributed by atoms with van der Waals surface area (Å²) in [4.78, 5) is 13.8. The molecule has 3 atom stereocenters. The van der Waals surface area contributed by atoms with Gasteiger partial charge in [0.15, 0.2) is 0 Å². The summed E-state index contributed by atoms with van der Waals surface area (Å²) in [5.41, 5.74) is 0. The first-order valence-electron chi connectivity index (χ1n) is 4.64. The van der Waals surface area contributed by atoms with Gasteiger partial charge in [-0.1, -0.05) is 6.92 Å². The lowest BCUT2D eigenvalue weighted by Gasteiger charge is -2.35. The molecule has 68 valence electrons. The third-order valence-corrected chi connectivity index (χ3v) is 4.37. The van der Waals surface area contributed by atoms with Crippen molar-refractivity contribution in [3.63, 3.8) is 0 Å². The van der Waals surface area contributed by atoms with Gasteiger partial charge >= 0.3 is 0 Å². The summed E-state index contributed by atoms with van der Waals surface area (Å²) in [6.07, 6.45) is 2.39. The van der Waals surface area contributed by atoms with Crippen LogP contribution in [0, 0.1) is 5.92 Å². The predicted molar refractivity (Wildman–Crippen MR) is 51.0 cm³/mol. The van der Waals surface area contributed by atoms with Gasteiger partial charge in [-0.2, -0.15) is 0 Å². The fraction of sp³-hybridized carbons (Fsp3) is 0.889. The van der Waals surface area contributed by atoms with Gasteiger partial charge in [0.2, 0.25) is 5.91 Å². The van der Waals surface area contributed by atoms with E-state index >= 15 is 0 Å². The molecule has 0 radical (unpaired) electrons. The average Bonchev–Trinajstić information content (AvgIpc) is 2.41. The van der Waals surface area contributed by atoms with Crippen molar-refractivity contribution in [2.24, 2.45) is 5.92 Å². The molecule has 12 heavy (non-hydrogen) atoms. The van der Waals surface area contributed by atoms with Gasteiger partial charge in [0.1, 0.15) is 0 Å². The molecule has 2 rings (SSSR count). The maximum absolute atomic E-state index is 11.7. The van der Waals surface area contributed by atoms with Crippen LogP contribution in [0.3, 0.4) is 0 Å². The Labute approximate surface area is 77.7 Å². The summed E-state index contributed by atoms with van der Waals surface area (Å²) in [5, 5.41) is 0.503. The lowest BCUT2D eigenvalue weighted by Crippen LogP contribution is -2.45.